The van der Waals surface area contributed by atoms with Crippen LogP contribution in [0.4, 0.5) is 0 Å². The van der Waals surface area contributed by atoms with Crippen molar-refractivity contribution in [2.75, 3.05) is 0 Å². The van der Waals surface area contributed by atoms with E-state index < -0.39 is 0 Å². The molecule has 0 atom stereocenters. The summed E-state index contributed by atoms with van der Waals surface area (Å²) in [5.41, 5.74) is 0.758. The minimum Gasteiger partial charge on any atom is -0.504 e. The first-order valence-electron chi connectivity index (χ1n) is 5.57. The zero-order valence-electron chi connectivity index (χ0n) is 9.56. The third kappa shape index (κ3) is 3.61. The summed E-state index contributed by atoms with van der Waals surface area (Å²) in [4.78, 5) is 0. The first-order valence-corrected chi connectivity index (χ1v) is 7.95. The van der Waals surface area contributed by atoms with Crippen molar-refractivity contribution in [3.63, 3.8) is 0 Å². The average Bonchev–Trinajstić information content (AvgIpc) is 2.33. The molecule has 1 aromatic carbocycles. The molecule has 96 valence electrons. The Morgan fingerprint density at radius 1 is 0.824 bits per heavy atom. The molecular weight excluding hydrogens is 416 g/mol. The van der Waals surface area contributed by atoms with Crippen molar-refractivity contribution < 1.29 is 10.2 Å². The fourth-order valence-electron chi connectivity index (χ4n) is 1.64. The van der Waals surface area contributed by atoms with Crippen LogP contribution in [0.3, 0.4) is 0 Å². The molecule has 5 heteroatoms. The van der Waals surface area contributed by atoms with Gasteiger partial charge in [-0.1, -0.05) is 26.2 Å². The van der Waals surface area contributed by atoms with Gasteiger partial charge in [-0.15, -0.1) is 0 Å². The van der Waals surface area contributed by atoms with Crippen LogP contribution < -0.4 is 0 Å². The van der Waals surface area contributed by atoms with Crippen LogP contribution in [-0.2, 0) is 6.42 Å². The molecule has 0 saturated heterocycles. The summed E-state index contributed by atoms with van der Waals surface area (Å²) in [6, 6.07) is 0. The van der Waals surface area contributed by atoms with Crippen molar-refractivity contribution in [1.29, 1.82) is 0 Å². The van der Waals surface area contributed by atoms with Crippen molar-refractivity contribution >= 4 is 47.8 Å². The van der Waals surface area contributed by atoms with Gasteiger partial charge in [-0.25, -0.2) is 0 Å². The number of aromatic hydroxyl groups is 2. The lowest BCUT2D eigenvalue weighted by molar-refractivity contribution is 0.395. The Morgan fingerprint density at radius 2 is 1.47 bits per heavy atom. The smallest absolute Gasteiger partial charge is 0.173 e. The molecule has 0 radical (unpaired) electrons. The maximum absolute atomic E-state index is 9.91. The van der Waals surface area contributed by atoms with Gasteiger partial charge in [0, 0.05) is 10.0 Å². The highest BCUT2D eigenvalue weighted by Crippen LogP contribution is 2.47. The van der Waals surface area contributed by atoms with Gasteiger partial charge in [-0.05, 0) is 60.6 Å². The van der Waals surface area contributed by atoms with Crippen LogP contribution in [0.15, 0.2) is 13.4 Å². The van der Waals surface area contributed by atoms with Crippen LogP contribution in [0.2, 0.25) is 0 Å². The fourth-order valence-corrected chi connectivity index (χ4v) is 3.30. The predicted octanol–water partition coefficient (Wildman–Crippen LogP) is 5.51. The maximum Gasteiger partial charge on any atom is 0.173 e. The van der Waals surface area contributed by atoms with E-state index in [1.54, 1.807) is 0 Å². The molecule has 0 spiro atoms. The number of phenolic OH excluding ortho intramolecular Hbond substituents is 2. The lowest BCUT2D eigenvalue weighted by Gasteiger charge is -2.12. The van der Waals surface area contributed by atoms with Crippen molar-refractivity contribution in [3.8, 4) is 11.5 Å². The van der Waals surface area contributed by atoms with E-state index in [0.717, 1.165) is 33.8 Å². The van der Waals surface area contributed by atoms with E-state index in [1.807, 2.05) is 0 Å². The molecule has 0 bridgehead atoms. The van der Waals surface area contributed by atoms with Crippen LogP contribution in [0.25, 0.3) is 0 Å². The minimum absolute atomic E-state index is 0.0385. The van der Waals surface area contributed by atoms with Gasteiger partial charge in [0.25, 0.3) is 0 Å². The van der Waals surface area contributed by atoms with E-state index in [1.165, 1.54) is 12.8 Å². The van der Waals surface area contributed by atoms with Gasteiger partial charge >= 0.3 is 0 Å². The lowest BCUT2D eigenvalue weighted by Crippen LogP contribution is -1.92. The largest absolute Gasteiger partial charge is 0.504 e. The second-order valence-electron chi connectivity index (χ2n) is 3.93. The van der Waals surface area contributed by atoms with E-state index in [-0.39, 0.29) is 11.5 Å². The van der Waals surface area contributed by atoms with Crippen molar-refractivity contribution in [3.05, 3.63) is 19.0 Å². The standard InChI is InChI=1S/C12H15Br3O2/c1-2-3-4-5-6-7-8(13)9(14)10(15)12(17)11(7)16/h16-17H,2-6H2,1H3. The second kappa shape index (κ2) is 7.00. The molecule has 0 amide bonds. The number of phenols is 2. The van der Waals surface area contributed by atoms with Gasteiger partial charge in [0.1, 0.15) is 0 Å². The summed E-state index contributed by atoms with van der Waals surface area (Å²) < 4.78 is 2.01. The van der Waals surface area contributed by atoms with Crippen LogP contribution >= 0.6 is 47.8 Å². The Balaban J connectivity index is 2.92. The molecule has 0 aliphatic carbocycles. The Kier molecular flexibility index (Phi) is 6.31. The van der Waals surface area contributed by atoms with Gasteiger partial charge < -0.3 is 10.2 Å². The molecule has 0 fully saturated rings. The molecule has 0 aliphatic rings. The molecule has 2 N–H and O–H groups in total. The summed E-state index contributed by atoms with van der Waals surface area (Å²) in [5.74, 6) is -0.144. The summed E-state index contributed by atoms with van der Waals surface area (Å²) in [5, 5.41) is 19.7. The lowest BCUT2D eigenvalue weighted by atomic mass is 10.0. The molecule has 0 saturated carbocycles. The Labute approximate surface area is 127 Å². The minimum atomic E-state index is -0.106. The van der Waals surface area contributed by atoms with E-state index in [4.69, 9.17) is 0 Å². The highest BCUT2D eigenvalue weighted by Gasteiger charge is 2.19. The Hall–Kier alpha value is 0.260. The highest BCUT2D eigenvalue weighted by atomic mass is 79.9. The zero-order valence-corrected chi connectivity index (χ0v) is 14.3. The molecule has 1 aromatic rings. The predicted molar refractivity (Wildman–Crippen MR) is 80.7 cm³/mol. The maximum atomic E-state index is 9.91. The van der Waals surface area contributed by atoms with Crippen LogP contribution in [0, 0.1) is 0 Å². The summed E-state index contributed by atoms with van der Waals surface area (Å²) in [6.07, 6.45) is 5.28. The molecule has 0 aliphatic heterocycles. The molecule has 0 heterocycles. The molecule has 0 unspecified atom stereocenters. The highest BCUT2D eigenvalue weighted by molar-refractivity contribution is 9.14. The summed E-state index contributed by atoms with van der Waals surface area (Å²) in [7, 11) is 0. The van der Waals surface area contributed by atoms with Crippen LogP contribution in [0.5, 0.6) is 11.5 Å². The molecule has 17 heavy (non-hydrogen) atoms. The van der Waals surface area contributed by atoms with Crippen molar-refractivity contribution in [1.82, 2.24) is 0 Å². The third-order valence-corrected chi connectivity index (χ3v) is 6.15. The van der Waals surface area contributed by atoms with Gasteiger partial charge in [0.2, 0.25) is 0 Å². The van der Waals surface area contributed by atoms with E-state index in [9.17, 15) is 10.2 Å². The number of rotatable bonds is 5. The Morgan fingerprint density at radius 3 is 2.06 bits per heavy atom. The normalized spacial score (nSPS) is 10.8. The van der Waals surface area contributed by atoms with Crippen LogP contribution in [-0.4, -0.2) is 10.2 Å². The average molecular weight is 431 g/mol. The first kappa shape index (κ1) is 15.3. The topological polar surface area (TPSA) is 40.5 Å². The third-order valence-electron chi connectivity index (χ3n) is 2.65. The molecule has 0 aromatic heterocycles. The van der Waals surface area contributed by atoms with Crippen LogP contribution in [0.1, 0.15) is 38.2 Å². The van der Waals surface area contributed by atoms with Gasteiger partial charge in [-0.2, -0.15) is 0 Å². The Bertz CT molecular complexity index is 376. The van der Waals surface area contributed by atoms with Crippen molar-refractivity contribution in [2.45, 2.75) is 39.0 Å². The number of benzene rings is 1. The molecular formula is C12H15Br3O2. The number of halogens is 3. The summed E-state index contributed by atoms with van der Waals surface area (Å²) in [6.45, 7) is 2.16. The van der Waals surface area contributed by atoms with Gasteiger partial charge in [-0.3, -0.25) is 0 Å². The van der Waals surface area contributed by atoms with Crippen molar-refractivity contribution in [2.24, 2.45) is 0 Å². The number of hydrogen-bond donors (Lipinski definition) is 2. The van der Waals surface area contributed by atoms with E-state index in [2.05, 4.69) is 54.7 Å². The number of unbranched alkanes of at least 4 members (excludes halogenated alkanes) is 3. The quantitative estimate of drug-likeness (QED) is 0.367. The number of hydrogen-bond acceptors (Lipinski definition) is 2. The molecule has 2 nitrogen and oxygen atoms in total. The van der Waals surface area contributed by atoms with E-state index in [0.29, 0.717) is 4.47 Å². The second-order valence-corrected chi connectivity index (χ2v) is 6.31. The monoisotopic (exact) mass is 428 g/mol. The molecule has 1 rings (SSSR count). The first-order chi connectivity index (χ1) is 8.00. The fraction of sp³-hybridized carbons (Fsp3) is 0.500. The summed E-state index contributed by atoms with van der Waals surface area (Å²) >= 11 is 10.0. The van der Waals surface area contributed by atoms with Gasteiger partial charge in [0.05, 0.1) is 8.95 Å². The van der Waals surface area contributed by atoms with E-state index >= 15 is 0 Å². The SMILES string of the molecule is CCCCCCc1c(O)c(O)c(Br)c(Br)c1Br. The zero-order chi connectivity index (χ0) is 13.0. The van der Waals surface area contributed by atoms with Gasteiger partial charge in [0.15, 0.2) is 11.5 Å².